The number of hydrogen-bond acceptors (Lipinski definition) is 6. The van der Waals surface area contributed by atoms with E-state index in [-0.39, 0.29) is 17.0 Å². The Labute approximate surface area is 143 Å². The molecule has 0 heterocycles. The molecule has 0 radical (unpaired) electrons. The molecule has 0 amide bonds. The molecule has 0 atom stereocenters. The maximum Gasteiger partial charge on any atom is 0.330 e. The number of ether oxygens (including phenoxy) is 1. The Morgan fingerprint density at radius 3 is 2.60 bits per heavy atom. The fraction of sp³-hybridized carbons (Fsp3) is 0.0556. The number of carbonyl (C=O) groups excluding carboxylic acids is 1. The molecule has 0 N–H and O–H groups in total. The molecule has 2 aromatic carbocycles. The van der Waals surface area contributed by atoms with E-state index in [4.69, 9.17) is 0 Å². The largest absolute Gasteiger partial charge is 0.466 e. The third-order valence-electron chi connectivity index (χ3n) is 3.23. The Morgan fingerprint density at radius 2 is 1.92 bits per heavy atom. The summed E-state index contributed by atoms with van der Waals surface area (Å²) in [6.07, 6.45) is 2.73. The van der Waals surface area contributed by atoms with E-state index in [0.29, 0.717) is 11.3 Å². The number of hydrogen-bond donors (Lipinski definition) is 0. The van der Waals surface area contributed by atoms with Crippen LogP contribution >= 0.6 is 0 Å². The number of nitrogens with zero attached hydrogens (tertiary/aromatic N) is 3. The summed E-state index contributed by atoms with van der Waals surface area (Å²) in [5, 5.41) is 20.5. The maximum absolute atomic E-state index is 11.2. The average Bonchev–Trinajstić information content (AvgIpc) is 2.64. The van der Waals surface area contributed by atoms with Crippen LogP contribution in [-0.4, -0.2) is 23.7 Å². The minimum absolute atomic E-state index is 0.0915. The van der Waals surface area contributed by atoms with Crippen molar-refractivity contribution in [2.24, 2.45) is 4.99 Å². The highest BCUT2D eigenvalue weighted by atomic mass is 16.6. The van der Waals surface area contributed by atoms with Gasteiger partial charge in [-0.2, -0.15) is 5.26 Å². The van der Waals surface area contributed by atoms with Gasteiger partial charge in [-0.25, -0.2) is 9.79 Å². The number of benzene rings is 2. The summed E-state index contributed by atoms with van der Waals surface area (Å²) >= 11 is 0. The number of nitriles is 1. The van der Waals surface area contributed by atoms with Gasteiger partial charge in [0.25, 0.3) is 5.69 Å². The number of carbonyl (C=O) groups is 1. The molecule has 7 heteroatoms. The number of aliphatic imine (C=N–C) groups is 1. The topological polar surface area (TPSA) is 106 Å². The van der Waals surface area contributed by atoms with Crippen LogP contribution in [0.25, 0.3) is 6.08 Å². The summed E-state index contributed by atoms with van der Waals surface area (Å²) in [6, 6.07) is 14.6. The molecule has 2 rings (SSSR count). The highest BCUT2D eigenvalue weighted by Crippen LogP contribution is 2.24. The summed E-state index contributed by atoms with van der Waals surface area (Å²) in [7, 11) is 1.26. The van der Waals surface area contributed by atoms with E-state index < -0.39 is 10.9 Å². The Hall–Kier alpha value is -3.79. The predicted octanol–water partition coefficient (Wildman–Crippen LogP) is 3.43. The first kappa shape index (κ1) is 17.6. The minimum Gasteiger partial charge on any atom is -0.466 e. The molecule has 0 fully saturated rings. The lowest BCUT2D eigenvalue weighted by Crippen LogP contribution is -2.02. The van der Waals surface area contributed by atoms with Crippen LogP contribution in [0.1, 0.15) is 11.1 Å². The van der Waals surface area contributed by atoms with Crippen LogP contribution < -0.4 is 0 Å². The highest BCUT2D eigenvalue weighted by Gasteiger charge is 2.17. The van der Waals surface area contributed by atoms with E-state index in [1.54, 1.807) is 30.3 Å². The van der Waals surface area contributed by atoms with Gasteiger partial charge in [0.05, 0.1) is 23.3 Å². The second-order valence-electron chi connectivity index (χ2n) is 4.76. The smallest absolute Gasteiger partial charge is 0.330 e. The highest BCUT2D eigenvalue weighted by molar-refractivity contribution is 6.15. The Balaban J connectivity index is 2.52. The van der Waals surface area contributed by atoms with Crippen LogP contribution in [0.3, 0.4) is 0 Å². The van der Waals surface area contributed by atoms with E-state index in [9.17, 15) is 20.2 Å². The van der Waals surface area contributed by atoms with Crippen molar-refractivity contribution in [3.63, 3.8) is 0 Å². The van der Waals surface area contributed by atoms with E-state index in [1.165, 1.54) is 37.5 Å². The number of methoxy groups -OCH3 is 1. The van der Waals surface area contributed by atoms with Crippen LogP contribution in [0.5, 0.6) is 0 Å². The summed E-state index contributed by atoms with van der Waals surface area (Å²) < 4.78 is 4.54. The summed E-state index contributed by atoms with van der Waals surface area (Å²) in [4.78, 5) is 26.1. The first-order valence-electron chi connectivity index (χ1n) is 7.14. The van der Waals surface area contributed by atoms with Gasteiger partial charge in [0.15, 0.2) is 5.71 Å². The van der Waals surface area contributed by atoms with Crippen molar-refractivity contribution in [3.8, 4) is 6.07 Å². The molecule has 0 aliphatic rings. The van der Waals surface area contributed by atoms with Crippen LogP contribution in [0.15, 0.2) is 59.6 Å². The zero-order chi connectivity index (χ0) is 18.2. The summed E-state index contributed by atoms with van der Waals surface area (Å²) in [5.41, 5.74) is 0.801. The van der Waals surface area contributed by atoms with Gasteiger partial charge in [-0.15, -0.1) is 0 Å². The standard InChI is InChI=1S/C18H13N3O4/c1-25-18(22)11-10-13-6-2-4-8-15(13)20-16(12-19)14-7-3-5-9-17(14)21(23)24/h2-11H,1H3/b11-10+,20-16?. The Kier molecular flexibility index (Phi) is 5.74. The molecular formula is C18H13N3O4. The van der Waals surface area contributed by atoms with Crippen LogP contribution in [0.2, 0.25) is 0 Å². The van der Waals surface area contributed by atoms with Gasteiger partial charge < -0.3 is 4.74 Å². The molecule has 124 valence electrons. The number of nitro benzene ring substituents is 1. The number of nitro groups is 1. The zero-order valence-electron chi connectivity index (χ0n) is 13.2. The van der Waals surface area contributed by atoms with Gasteiger partial charge in [-0.05, 0) is 18.2 Å². The average molecular weight is 335 g/mol. The molecule has 0 aliphatic carbocycles. The number of para-hydroxylation sites is 2. The fourth-order valence-corrected chi connectivity index (χ4v) is 2.06. The van der Waals surface area contributed by atoms with Crippen molar-refractivity contribution in [3.05, 3.63) is 75.8 Å². The van der Waals surface area contributed by atoms with Crippen molar-refractivity contribution in [2.75, 3.05) is 7.11 Å². The van der Waals surface area contributed by atoms with Crippen molar-refractivity contribution >= 4 is 29.1 Å². The Morgan fingerprint density at radius 1 is 1.24 bits per heavy atom. The molecule has 0 aliphatic heterocycles. The molecule has 25 heavy (non-hydrogen) atoms. The monoisotopic (exact) mass is 335 g/mol. The van der Waals surface area contributed by atoms with E-state index >= 15 is 0 Å². The van der Waals surface area contributed by atoms with Gasteiger partial charge in [-0.1, -0.05) is 30.3 Å². The quantitative estimate of drug-likeness (QED) is 0.274. The molecule has 0 saturated carbocycles. The molecule has 0 aromatic heterocycles. The first-order valence-corrected chi connectivity index (χ1v) is 7.14. The van der Waals surface area contributed by atoms with Crippen molar-refractivity contribution in [1.29, 1.82) is 5.26 Å². The maximum atomic E-state index is 11.2. The van der Waals surface area contributed by atoms with Crippen LogP contribution in [0, 0.1) is 21.4 Å². The Bertz CT molecular complexity index is 911. The molecule has 7 nitrogen and oxygen atoms in total. The molecular weight excluding hydrogens is 322 g/mol. The lowest BCUT2D eigenvalue weighted by atomic mass is 10.1. The minimum atomic E-state index is -0.564. The molecule has 0 saturated heterocycles. The van der Waals surface area contributed by atoms with Crippen molar-refractivity contribution in [1.82, 2.24) is 0 Å². The van der Waals surface area contributed by atoms with Crippen molar-refractivity contribution < 1.29 is 14.5 Å². The van der Waals surface area contributed by atoms with E-state index in [0.717, 1.165) is 0 Å². The predicted molar refractivity (Wildman–Crippen MR) is 92.4 cm³/mol. The van der Waals surface area contributed by atoms with Crippen LogP contribution in [-0.2, 0) is 9.53 Å². The summed E-state index contributed by atoms with van der Waals surface area (Å²) in [6.45, 7) is 0. The van der Waals surface area contributed by atoms with Gasteiger partial charge in [0.2, 0.25) is 0 Å². The van der Waals surface area contributed by atoms with Gasteiger partial charge >= 0.3 is 5.97 Å². The molecule has 2 aromatic rings. The fourth-order valence-electron chi connectivity index (χ4n) is 2.06. The zero-order valence-corrected chi connectivity index (χ0v) is 13.2. The number of esters is 1. The van der Waals surface area contributed by atoms with Gasteiger partial charge in [0.1, 0.15) is 6.07 Å². The third kappa shape index (κ3) is 4.36. The normalized spacial score (nSPS) is 11.1. The second kappa shape index (κ2) is 8.17. The SMILES string of the molecule is COC(=O)/C=C/c1ccccc1N=C(C#N)c1ccccc1[N+](=O)[O-]. The number of rotatable bonds is 5. The van der Waals surface area contributed by atoms with Gasteiger partial charge in [-0.3, -0.25) is 10.1 Å². The third-order valence-corrected chi connectivity index (χ3v) is 3.23. The van der Waals surface area contributed by atoms with E-state index in [1.807, 2.05) is 6.07 Å². The van der Waals surface area contributed by atoms with Crippen molar-refractivity contribution in [2.45, 2.75) is 0 Å². The summed E-state index contributed by atoms with van der Waals surface area (Å²) in [5.74, 6) is -0.530. The molecule has 0 bridgehead atoms. The second-order valence-corrected chi connectivity index (χ2v) is 4.76. The first-order chi connectivity index (χ1) is 12.1. The van der Waals surface area contributed by atoms with Crippen LogP contribution in [0.4, 0.5) is 11.4 Å². The van der Waals surface area contributed by atoms with Gasteiger partial charge in [0, 0.05) is 17.7 Å². The molecule has 0 unspecified atom stereocenters. The lowest BCUT2D eigenvalue weighted by Gasteiger charge is -2.03. The van der Waals surface area contributed by atoms with E-state index in [2.05, 4.69) is 9.73 Å². The molecule has 0 spiro atoms. The lowest BCUT2D eigenvalue weighted by molar-refractivity contribution is -0.385.